The van der Waals surface area contributed by atoms with E-state index in [-0.39, 0.29) is 24.1 Å². The normalized spacial score (nSPS) is 11.7. The number of amides is 1. The highest BCUT2D eigenvalue weighted by molar-refractivity contribution is 5.97. The highest BCUT2D eigenvalue weighted by atomic mass is 16.4. The van der Waals surface area contributed by atoms with E-state index in [1.165, 1.54) is 18.2 Å². The lowest BCUT2D eigenvalue weighted by molar-refractivity contribution is -0.138. The Balaban J connectivity index is 2.69. The molecule has 0 radical (unpaired) electrons. The van der Waals surface area contributed by atoms with E-state index >= 15 is 0 Å². The van der Waals surface area contributed by atoms with Crippen molar-refractivity contribution in [1.82, 2.24) is 0 Å². The number of nitrogens with one attached hydrogen (secondary N) is 1. The number of carboxylic acid groups (broad SMARTS) is 2. The summed E-state index contributed by atoms with van der Waals surface area (Å²) in [6.07, 6.45) is -0.231. The van der Waals surface area contributed by atoms with E-state index in [9.17, 15) is 19.5 Å². The summed E-state index contributed by atoms with van der Waals surface area (Å²) in [5.41, 5.74) is 4.85. The molecule has 1 aromatic rings. The van der Waals surface area contributed by atoms with Crippen LogP contribution < -0.4 is 11.1 Å². The summed E-state index contributed by atoms with van der Waals surface area (Å²) >= 11 is 0. The molecule has 0 spiro atoms. The zero-order valence-electron chi connectivity index (χ0n) is 10.4. The maximum absolute atomic E-state index is 11.6. The first-order chi connectivity index (χ1) is 9.32. The van der Waals surface area contributed by atoms with Crippen LogP contribution in [0.4, 0.5) is 5.69 Å². The molecule has 0 heterocycles. The van der Waals surface area contributed by atoms with Gasteiger partial charge in [0.1, 0.15) is 11.6 Å². The fourth-order valence-corrected chi connectivity index (χ4v) is 1.44. The van der Waals surface area contributed by atoms with Crippen LogP contribution in [0.25, 0.3) is 0 Å². The van der Waals surface area contributed by atoms with Crippen LogP contribution >= 0.6 is 0 Å². The van der Waals surface area contributed by atoms with Crippen molar-refractivity contribution in [2.24, 2.45) is 5.73 Å². The summed E-state index contributed by atoms with van der Waals surface area (Å²) in [5, 5.41) is 29.3. The molecule has 8 heteroatoms. The van der Waals surface area contributed by atoms with Crippen molar-refractivity contribution in [3.8, 4) is 5.75 Å². The van der Waals surface area contributed by atoms with E-state index < -0.39 is 29.6 Å². The number of carbonyl (C=O) groups excluding carboxylic acids is 1. The number of carboxylic acids is 2. The first kappa shape index (κ1) is 15.4. The van der Waals surface area contributed by atoms with Gasteiger partial charge in [-0.25, -0.2) is 4.79 Å². The fraction of sp³-hybridized carbons (Fsp3) is 0.250. The molecular weight excluding hydrogens is 268 g/mol. The predicted octanol–water partition coefficient (Wildman–Crippen LogP) is 0.221. The van der Waals surface area contributed by atoms with Crippen molar-refractivity contribution < 1.29 is 29.7 Å². The van der Waals surface area contributed by atoms with Crippen molar-refractivity contribution in [2.75, 3.05) is 5.32 Å². The van der Waals surface area contributed by atoms with Crippen molar-refractivity contribution in [3.63, 3.8) is 0 Å². The van der Waals surface area contributed by atoms with Crippen LogP contribution in [0.1, 0.15) is 23.2 Å². The Labute approximate surface area is 113 Å². The van der Waals surface area contributed by atoms with E-state index in [4.69, 9.17) is 15.9 Å². The van der Waals surface area contributed by atoms with Crippen molar-refractivity contribution in [3.05, 3.63) is 23.8 Å². The van der Waals surface area contributed by atoms with Gasteiger partial charge in [0.15, 0.2) is 5.75 Å². The summed E-state index contributed by atoms with van der Waals surface area (Å²) in [6, 6.07) is 2.73. The molecule has 1 aromatic carbocycles. The fourth-order valence-electron chi connectivity index (χ4n) is 1.44. The maximum atomic E-state index is 11.6. The summed E-state index contributed by atoms with van der Waals surface area (Å²) in [7, 11) is 0. The van der Waals surface area contributed by atoms with Gasteiger partial charge in [0.05, 0.1) is 5.69 Å². The molecule has 0 saturated carbocycles. The van der Waals surface area contributed by atoms with E-state index in [1.54, 1.807) is 0 Å². The standard InChI is InChI=1S/C12H14N2O6/c13-7(12(19)20)4-5-9(15)14-8-3-1-2-6(10(8)16)11(17)18/h1-3,7,16H,4-5,13H2,(H,14,15)(H,17,18)(H,19,20)/t7-/m0/s1. The third-order valence-electron chi connectivity index (χ3n) is 2.54. The molecule has 0 saturated heterocycles. The van der Waals surface area contributed by atoms with Crippen LogP contribution in [0.5, 0.6) is 5.75 Å². The number of hydrogen-bond donors (Lipinski definition) is 5. The van der Waals surface area contributed by atoms with Crippen molar-refractivity contribution >= 4 is 23.5 Å². The summed E-state index contributed by atoms with van der Waals surface area (Å²) in [6.45, 7) is 0. The number of anilines is 1. The number of carbonyl (C=O) groups is 3. The van der Waals surface area contributed by atoms with Crippen LogP contribution in [0.3, 0.4) is 0 Å². The number of phenols is 1. The molecule has 0 unspecified atom stereocenters. The van der Waals surface area contributed by atoms with Gasteiger partial charge in [-0.1, -0.05) is 6.07 Å². The van der Waals surface area contributed by atoms with Crippen LogP contribution in [0.2, 0.25) is 0 Å². The van der Waals surface area contributed by atoms with Crippen molar-refractivity contribution in [1.29, 1.82) is 0 Å². The Kier molecular flexibility index (Phi) is 5.04. The lowest BCUT2D eigenvalue weighted by Crippen LogP contribution is -2.31. The Bertz CT molecular complexity index is 543. The van der Waals surface area contributed by atoms with Crippen molar-refractivity contribution in [2.45, 2.75) is 18.9 Å². The molecule has 0 aliphatic rings. The van der Waals surface area contributed by atoms with E-state index in [0.29, 0.717) is 0 Å². The predicted molar refractivity (Wildman–Crippen MR) is 68.5 cm³/mol. The molecule has 108 valence electrons. The zero-order valence-corrected chi connectivity index (χ0v) is 10.4. The van der Waals surface area contributed by atoms with Gasteiger partial charge in [-0.2, -0.15) is 0 Å². The molecule has 0 aromatic heterocycles. The number of para-hydroxylation sites is 1. The molecule has 8 nitrogen and oxygen atoms in total. The van der Waals surface area contributed by atoms with E-state index in [2.05, 4.69) is 5.32 Å². The molecule has 1 amide bonds. The second kappa shape index (κ2) is 6.53. The quantitative estimate of drug-likeness (QED) is 0.468. The molecule has 6 N–H and O–H groups in total. The number of nitrogens with two attached hydrogens (primary N) is 1. The minimum absolute atomic E-state index is 0.0567. The smallest absolute Gasteiger partial charge is 0.339 e. The number of benzene rings is 1. The molecule has 1 rings (SSSR count). The van der Waals surface area contributed by atoms with Crippen LogP contribution in [-0.2, 0) is 9.59 Å². The molecule has 1 atom stereocenters. The number of aliphatic carboxylic acids is 1. The van der Waals surface area contributed by atoms with Crippen LogP contribution in [-0.4, -0.2) is 39.2 Å². The molecule has 0 aliphatic carbocycles. The largest absolute Gasteiger partial charge is 0.505 e. The lowest BCUT2D eigenvalue weighted by Gasteiger charge is -2.10. The first-order valence-corrected chi connectivity index (χ1v) is 5.66. The molecule has 0 fully saturated rings. The zero-order chi connectivity index (χ0) is 15.3. The van der Waals surface area contributed by atoms with Crippen LogP contribution in [0, 0.1) is 0 Å². The third kappa shape index (κ3) is 3.95. The Morgan fingerprint density at radius 2 is 1.90 bits per heavy atom. The van der Waals surface area contributed by atoms with Gasteiger partial charge in [0, 0.05) is 6.42 Å². The van der Waals surface area contributed by atoms with E-state index in [0.717, 1.165) is 0 Å². The van der Waals surface area contributed by atoms with Gasteiger partial charge >= 0.3 is 11.9 Å². The molecule has 0 bridgehead atoms. The highest BCUT2D eigenvalue weighted by Crippen LogP contribution is 2.27. The third-order valence-corrected chi connectivity index (χ3v) is 2.54. The average molecular weight is 282 g/mol. The minimum Gasteiger partial charge on any atom is -0.505 e. The van der Waals surface area contributed by atoms with Gasteiger partial charge in [0.25, 0.3) is 0 Å². The second-order valence-electron chi connectivity index (χ2n) is 4.04. The Hall–Kier alpha value is -2.61. The highest BCUT2D eigenvalue weighted by Gasteiger charge is 2.16. The molecule has 0 aliphatic heterocycles. The van der Waals surface area contributed by atoms with Gasteiger partial charge in [-0.3, -0.25) is 9.59 Å². The molecule has 20 heavy (non-hydrogen) atoms. The number of rotatable bonds is 6. The average Bonchev–Trinajstić information content (AvgIpc) is 2.37. The van der Waals surface area contributed by atoms with E-state index in [1.807, 2.05) is 0 Å². The summed E-state index contributed by atoms with van der Waals surface area (Å²) < 4.78 is 0. The van der Waals surface area contributed by atoms with Gasteiger partial charge in [-0.05, 0) is 18.6 Å². The number of hydrogen-bond acceptors (Lipinski definition) is 5. The van der Waals surface area contributed by atoms with Gasteiger partial charge in [-0.15, -0.1) is 0 Å². The second-order valence-corrected chi connectivity index (χ2v) is 4.04. The monoisotopic (exact) mass is 282 g/mol. The SMILES string of the molecule is N[C@@H](CCC(=O)Nc1cccc(C(=O)O)c1O)C(=O)O. The number of aromatic hydroxyl groups is 1. The Morgan fingerprint density at radius 3 is 2.45 bits per heavy atom. The Morgan fingerprint density at radius 1 is 1.25 bits per heavy atom. The molecular formula is C12H14N2O6. The number of aromatic carboxylic acids is 1. The van der Waals surface area contributed by atoms with Crippen LogP contribution in [0.15, 0.2) is 18.2 Å². The van der Waals surface area contributed by atoms with Gasteiger partial charge < -0.3 is 26.4 Å². The lowest BCUT2D eigenvalue weighted by atomic mass is 10.1. The summed E-state index contributed by atoms with van der Waals surface area (Å²) in [4.78, 5) is 32.8. The summed E-state index contributed by atoms with van der Waals surface area (Å²) in [5.74, 6) is -3.67. The maximum Gasteiger partial charge on any atom is 0.339 e. The first-order valence-electron chi connectivity index (χ1n) is 5.66. The van der Waals surface area contributed by atoms with Gasteiger partial charge in [0.2, 0.25) is 5.91 Å². The topological polar surface area (TPSA) is 150 Å². The minimum atomic E-state index is -1.33.